The molecular formula is C12H25BrO3. The van der Waals surface area contributed by atoms with E-state index in [9.17, 15) is 4.79 Å². The molecule has 3 nitrogen and oxygen atoms in total. The standard InChI is InChI=1S/C6H14O2.C3H5BrO.C3H6/c1-4-7-6(3)8-5-2;1-3(4)2-5;1-2-3-1/h6H,4-5H2,1-3H3;2-3H,1H3;1-3H2. The summed E-state index contributed by atoms with van der Waals surface area (Å²) in [6.07, 6.45) is 5.30. The van der Waals surface area contributed by atoms with Gasteiger partial charge in [0.1, 0.15) is 6.29 Å². The van der Waals surface area contributed by atoms with Crippen molar-refractivity contribution in [3.8, 4) is 0 Å². The van der Waals surface area contributed by atoms with Crippen LogP contribution in [0, 0.1) is 0 Å². The van der Waals surface area contributed by atoms with E-state index >= 15 is 0 Å². The van der Waals surface area contributed by atoms with Gasteiger partial charge in [0.2, 0.25) is 0 Å². The highest BCUT2D eigenvalue weighted by molar-refractivity contribution is 9.09. The van der Waals surface area contributed by atoms with Gasteiger partial charge in [0.15, 0.2) is 6.29 Å². The van der Waals surface area contributed by atoms with Gasteiger partial charge in [-0.2, -0.15) is 0 Å². The Balaban J connectivity index is 0. The summed E-state index contributed by atoms with van der Waals surface area (Å²) in [5.41, 5.74) is 0. The molecule has 1 rings (SSSR count). The third-order valence-corrected chi connectivity index (χ3v) is 1.56. The quantitative estimate of drug-likeness (QED) is 0.442. The fourth-order valence-corrected chi connectivity index (χ4v) is 0.518. The lowest BCUT2D eigenvalue weighted by molar-refractivity contribution is -0.123. The monoisotopic (exact) mass is 296 g/mol. The molecule has 1 aliphatic carbocycles. The summed E-state index contributed by atoms with van der Waals surface area (Å²) in [6, 6.07) is 0. The first-order chi connectivity index (χ1) is 7.58. The molecule has 1 atom stereocenters. The largest absolute Gasteiger partial charge is 0.353 e. The van der Waals surface area contributed by atoms with Crippen LogP contribution in [0.4, 0.5) is 0 Å². The molecule has 0 saturated heterocycles. The lowest BCUT2D eigenvalue weighted by Gasteiger charge is -2.09. The second kappa shape index (κ2) is 15.1. The van der Waals surface area contributed by atoms with Crippen molar-refractivity contribution in [1.29, 1.82) is 0 Å². The minimum absolute atomic E-state index is 0.0162. The highest BCUT2D eigenvalue weighted by Crippen LogP contribution is 2.14. The van der Waals surface area contributed by atoms with Gasteiger partial charge < -0.3 is 14.3 Å². The Morgan fingerprint density at radius 3 is 1.56 bits per heavy atom. The van der Waals surface area contributed by atoms with Crippen LogP contribution in [0.5, 0.6) is 0 Å². The Morgan fingerprint density at radius 1 is 1.12 bits per heavy atom. The molecule has 1 fully saturated rings. The molecule has 0 aromatic carbocycles. The number of carbonyl (C=O) groups excluding carboxylic acids is 1. The molecule has 4 heteroatoms. The highest BCUT2D eigenvalue weighted by atomic mass is 79.9. The maximum atomic E-state index is 9.46. The summed E-state index contributed by atoms with van der Waals surface area (Å²) < 4.78 is 10.1. The van der Waals surface area contributed by atoms with E-state index in [-0.39, 0.29) is 11.1 Å². The Morgan fingerprint density at radius 2 is 1.44 bits per heavy atom. The summed E-state index contributed by atoms with van der Waals surface area (Å²) in [5.74, 6) is 0. The number of hydrogen-bond donors (Lipinski definition) is 0. The zero-order valence-electron chi connectivity index (χ0n) is 10.9. The average molecular weight is 297 g/mol. The molecule has 0 heterocycles. The Bertz CT molecular complexity index is 129. The predicted molar refractivity (Wildman–Crippen MR) is 71.0 cm³/mol. The summed E-state index contributed by atoms with van der Waals surface area (Å²) in [7, 11) is 0. The van der Waals surface area contributed by atoms with Gasteiger partial charge in [0.05, 0.1) is 4.83 Å². The molecule has 98 valence electrons. The van der Waals surface area contributed by atoms with E-state index in [1.54, 1.807) is 6.92 Å². The van der Waals surface area contributed by atoms with E-state index in [0.717, 1.165) is 19.5 Å². The molecule has 1 saturated carbocycles. The van der Waals surface area contributed by atoms with Crippen LogP contribution < -0.4 is 0 Å². The molecule has 0 bridgehead atoms. The van der Waals surface area contributed by atoms with Crippen LogP contribution in [-0.4, -0.2) is 30.6 Å². The van der Waals surface area contributed by atoms with Crippen molar-refractivity contribution in [2.45, 2.75) is 58.1 Å². The van der Waals surface area contributed by atoms with Gasteiger partial charge in [0.25, 0.3) is 0 Å². The molecule has 0 aliphatic heterocycles. The Labute approximate surface area is 108 Å². The van der Waals surface area contributed by atoms with Crippen molar-refractivity contribution in [2.24, 2.45) is 0 Å². The minimum Gasteiger partial charge on any atom is -0.353 e. The van der Waals surface area contributed by atoms with Gasteiger partial charge in [-0.15, -0.1) is 0 Å². The summed E-state index contributed by atoms with van der Waals surface area (Å²) in [6.45, 7) is 9.02. The maximum absolute atomic E-state index is 9.46. The lowest BCUT2D eigenvalue weighted by Crippen LogP contribution is -2.11. The first kappa shape index (κ1) is 18.4. The van der Waals surface area contributed by atoms with Crippen LogP contribution >= 0.6 is 15.9 Å². The van der Waals surface area contributed by atoms with Crippen LogP contribution in [0.2, 0.25) is 0 Å². The third-order valence-electron chi connectivity index (χ3n) is 1.34. The van der Waals surface area contributed by atoms with Gasteiger partial charge in [0, 0.05) is 13.2 Å². The summed E-state index contributed by atoms with van der Waals surface area (Å²) in [5, 5.41) is 0. The Kier molecular flexibility index (Phi) is 17.4. The number of aldehydes is 1. The first-order valence-corrected chi connectivity index (χ1v) is 6.82. The second-order valence-corrected chi connectivity index (χ2v) is 4.80. The van der Waals surface area contributed by atoms with E-state index in [2.05, 4.69) is 15.9 Å². The first-order valence-electron chi connectivity index (χ1n) is 5.90. The molecule has 16 heavy (non-hydrogen) atoms. The SMILES string of the molecule is C1CC1.CC(Br)C=O.CCOC(C)OCC. The van der Waals surface area contributed by atoms with Gasteiger partial charge in [-0.1, -0.05) is 35.2 Å². The second-order valence-electron chi connectivity index (χ2n) is 3.35. The minimum atomic E-state index is -0.0370. The van der Waals surface area contributed by atoms with Crippen LogP contribution in [-0.2, 0) is 14.3 Å². The lowest BCUT2D eigenvalue weighted by atomic mass is 10.6. The van der Waals surface area contributed by atoms with Gasteiger partial charge in [-0.05, 0) is 27.7 Å². The fraction of sp³-hybridized carbons (Fsp3) is 0.917. The third kappa shape index (κ3) is 29.2. The molecule has 0 amide bonds. The number of halogens is 1. The summed E-state index contributed by atoms with van der Waals surface area (Å²) >= 11 is 3.01. The van der Waals surface area contributed by atoms with Gasteiger partial charge in [-0.3, -0.25) is 0 Å². The highest BCUT2D eigenvalue weighted by Gasteiger charge is 1.95. The number of rotatable bonds is 5. The van der Waals surface area contributed by atoms with E-state index in [4.69, 9.17) is 9.47 Å². The zero-order chi connectivity index (χ0) is 12.8. The van der Waals surface area contributed by atoms with Crippen LogP contribution in [0.15, 0.2) is 0 Å². The normalized spacial score (nSPS) is 14.1. The van der Waals surface area contributed by atoms with Gasteiger partial charge >= 0.3 is 0 Å². The summed E-state index contributed by atoms with van der Waals surface area (Å²) in [4.78, 5) is 9.47. The number of ether oxygens (including phenoxy) is 2. The smallest absolute Gasteiger partial charge is 0.154 e. The number of hydrogen-bond acceptors (Lipinski definition) is 3. The van der Waals surface area contributed by atoms with Crippen molar-refractivity contribution >= 4 is 22.2 Å². The fourth-order valence-electron chi connectivity index (χ4n) is 0.518. The molecule has 0 N–H and O–H groups in total. The predicted octanol–water partition coefficient (Wildman–Crippen LogP) is 3.54. The van der Waals surface area contributed by atoms with Crippen molar-refractivity contribution < 1.29 is 14.3 Å². The van der Waals surface area contributed by atoms with E-state index in [0.29, 0.717) is 0 Å². The molecule has 0 radical (unpaired) electrons. The molecule has 0 spiro atoms. The topological polar surface area (TPSA) is 35.5 Å². The van der Waals surface area contributed by atoms with Crippen molar-refractivity contribution in [3.05, 3.63) is 0 Å². The van der Waals surface area contributed by atoms with E-state index in [1.165, 1.54) is 19.3 Å². The average Bonchev–Trinajstić information content (AvgIpc) is 3.06. The Hall–Kier alpha value is 0.0700. The molecule has 0 aromatic rings. The number of alkyl halides is 1. The van der Waals surface area contributed by atoms with Crippen LogP contribution in [0.1, 0.15) is 47.0 Å². The number of carbonyl (C=O) groups is 1. The molecule has 1 unspecified atom stereocenters. The van der Waals surface area contributed by atoms with E-state index in [1.807, 2.05) is 20.8 Å². The molecule has 0 aromatic heterocycles. The van der Waals surface area contributed by atoms with Crippen molar-refractivity contribution in [2.75, 3.05) is 13.2 Å². The maximum Gasteiger partial charge on any atom is 0.154 e. The molecule has 1 aliphatic rings. The van der Waals surface area contributed by atoms with Crippen LogP contribution in [0.3, 0.4) is 0 Å². The van der Waals surface area contributed by atoms with Crippen molar-refractivity contribution in [3.63, 3.8) is 0 Å². The zero-order valence-corrected chi connectivity index (χ0v) is 12.5. The van der Waals surface area contributed by atoms with Gasteiger partial charge in [-0.25, -0.2) is 0 Å². The van der Waals surface area contributed by atoms with Crippen LogP contribution in [0.25, 0.3) is 0 Å². The molecular weight excluding hydrogens is 272 g/mol. The van der Waals surface area contributed by atoms with Crippen molar-refractivity contribution in [1.82, 2.24) is 0 Å². The van der Waals surface area contributed by atoms with E-state index < -0.39 is 0 Å².